The number of likely N-dealkylation sites (N-methyl/N-ethyl adjacent to an activating group) is 1. The van der Waals surface area contributed by atoms with E-state index in [2.05, 4.69) is 78.4 Å². The molecule has 1 aliphatic carbocycles. The SMILES string of the molecule is CCCc1cc(Cl)ccc1C1COc2ccc3cc2N(C1)CC1CCC1C(OCC(C)C)/C=C/CC(C)C(C)S(=O)NC3=O.CN1CCN2CCOCC2C1. The number of morpholine rings is 1. The molecule has 2 bridgehead atoms. The van der Waals surface area contributed by atoms with Gasteiger partial charge in [0, 0.05) is 68.4 Å². The van der Waals surface area contributed by atoms with Crippen molar-refractivity contribution in [3.8, 4) is 5.75 Å². The van der Waals surface area contributed by atoms with E-state index in [-0.39, 0.29) is 29.1 Å². The molecule has 7 rings (SSSR count). The van der Waals surface area contributed by atoms with Crippen LogP contribution in [0.25, 0.3) is 0 Å². The highest BCUT2D eigenvalue weighted by Gasteiger charge is 2.39. The fourth-order valence-corrected chi connectivity index (χ4v) is 9.81. The number of amides is 1. The molecule has 0 aromatic heterocycles. The van der Waals surface area contributed by atoms with Crippen LogP contribution >= 0.6 is 11.6 Å². The lowest BCUT2D eigenvalue weighted by atomic mass is 9.70. The van der Waals surface area contributed by atoms with Gasteiger partial charge in [0.25, 0.3) is 5.91 Å². The molecule has 2 aromatic carbocycles. The van der Waals surface area contributed by atoms with E-state index < -0.39 is 11.0 Å². The summed E-state index contributed by atoms with van der Waals surface area (Å²) in [6, 6.07) is 12.5. The number of nitrogens with one attached hydrogen (secondary N) is 1. The van der Waals surface area contributed by atoms with Crippen molar-refractivity contribution in [2.75, 3.05) is 77.6 Å². The Morgan fingerprint density at radius 1 is 1.04 bits per heavy atom. The number of nitrogens with zero attached hydrogens (tertiary/aromatic N) is 3. The second kappa shape index (κ2) is 19.8. The Kier molecular flexibility index (Phi) is 15.2. The zero-order valence-corrected chi connectivity index (χ0v) is 35.6. The molecule has 1 N–H and O–H groups in total. The first-order chi connectivity index (χ1) is 26.5. The Hall–Kier alpha value is -2.47. The first-order valence-electron chi connectivity index (χ1n) is 20.8. The van der Waals surface area contributed by atoms with Gasteiger partial charge in [-0.3, -0.25) is 14.4 Å². The normalized spacial score (nSPS) is 31.1. The summed E-state index contributed by atoms with van der Waals surface area (Å²) in [5.41, 5.74) is 3.97. The number of ether oxygens (including phenoxy) is 3. The molecular formula is C44H65ClN4O5S. The van der Waals surface area contributed by atoms with Crippen LogP contribution < -0.4 is 14.4 Å². The van der Waals surface area contributed by atoms with Gasteiger partial charge in [-0.05, 0) is 105 Å². The van der Waals surface area contributed by atoms with Gasteiger partial charge in [0.1, 0.15) is 16.7 Å². The topological polar surface area (TPSA) is 83.6 Å². The van der Waals surface area contributed by atoms with Crippen molar-refractivity contribution in [1.82, 2.24) is 14.5 Å². The van der Waals surface area contributed by atoms with Crippen LogP contribution in [0.15, 0.2) is 48.6 Å². The van der Waals surface area contributed by atoms with E-state index in [0.29, 0.717) is 36.0 Å². The minimum atomic E-state index is -1.51. The number of benzene rings is 2. The molecule has 1 saturated carbocycles. The number of carbonyl (C=O) groups is 1. The zero-order valence-electron chi connectivity index (χ0n) is 34.0. The van der Waals surface area contributed by atoms with E-state index in [1.165, 1.54) is 30.8 Å². The standard InChI is InChI=1S/C36H49ClN2O4S.C8H16N2O/c1-6-8-26-17-30(37)13-15-31(26)29-20-39-19-28-11-14-32(28)34(42-21-23(2)3)10-7-9-24(4)25(5)44(41)38-36(40)27-12-16-35(43-22-29)33(39)18-27;1-9-2-3-10-4-5-11-7-8(10)6-9/h7,10,12-13,15-18,23-25,28-29,32,34H,6,8-9,11,14,19-22H2,1-5H3,(H,38,40);8H,2-7H2,1H3/b10-7+;. The second-order valence-corrected chi connectivity index (χ2v) is 19.0. The minimum Gasteiger partial charge on any atom is -0.491 e. The van der Waals surface area contributed by atoms with Crippen LogP contribution in [-0.4, -0.2) is 110 Å². The summed E-state index contributed by atoms with van der Waals surface area (Å²) in [4.78, 5) is 20.7. The summed E-state index contributed by atoms with van der Waals surface area (Å²) in [7, 11) is 0.676. The molecule has 0 radical (unpaired) electrons. The highest BCUT2D eigenvalue weighted by Crippen LogP contribution is 2.43. The van der Waals surface area contributed by atoms with Crippen molar-refractivity contribution in [1.29, 1.82) is 0 Å². The van der Waals surface area contributed by atoms with Gasteiger partial charge >= 0.3 is 0 Å². The van der Waals surface area contributed by atoms with E-state index in [4.69, 9.17) is 25.8 Å². The van der Waals surface area contributed by atoms with Gasteiger partial charge in [-0.15, -0.1) is 0 Å². The average molecular weight is 798 g/mol. The van der Waals surface area contributed by atoms with Crippen molar-refractivity contribution >= 4 is 34.2 Å². The van der Waals surface area contributed by atoms with Gasteiger partial charge in [0.2, 0.25) is 0 Å². The molecule has 1 amide bonds. The molecule has 4 aliphatic heterocycles. The van der Waals surface area contributed by atoms with E-state index in [1.807, 2.05) is 25.1 Å². The lowest BCUT2D eigenvalue weighted by Gasteiger charge is -2.44. The van der Waals surface area contributed by atoms with Crippen LogP contribution in [0, 0.1) is 23.7 Å². The smallest absolute Gasteiger partial charge is 0.263 e. The number of allylic oxidation sites excluding steroid dienone is 1. The quantitative estimate of drug-likeness (QED) is 0.304. The summed E-state index contributed by atoms with van der Waals surface area (Å²) in [6.45, 7) is 20.2. The predicted octanol–water partition coefficient (Wildman–Crippen LogP) is 7.35. The first-order valence-corrected chi connectivity index (χ1v) is 22.4. The molecule has 2 saturated heterocycles. The molecule has 304 valence electrons. The highest BCUT2D eigenvalue weighted by atomic mass is 35.5. The Balaban J connectivity index is 0.000000397. The zero-order chi connectivity index (χ0) is 39.1. The van der Waals surface area contributed by atoms with Gasteiger partial charge in [0.15, 0.2) is 0 Å². The minimum absolute atomic E-state index is 0.0500. The molecular weight excluding hydrogens is 732 g/mol. The van der Waals surface area contributed by atoms with Crippen LogP contribution in [0.3, 0.4) is 0 Å². The van der Waals surface area contributed by atoms with E-state index >= 15 is 0 Å². The summed E-state index contributed by atoms with van der Waals surface area (Å²) in [5.74, 6) is 2.08. The number of halogens is 1. The van der Waals surface area contributed by atoms with Gasteiger partial charge in [-0.1, -0.05) is 63.9 Å². The van der Waals surface area contributed by atoms with Gasteiger partial charge < -0.3 is 24.0 Å². The average Bonchev–Trinajstić information content (AvgIpc) is 3.34. The number of carbonyl (C=O) groups excluding carboxylic acids is 1. The second-order valence-electron chi connectivity index (χ2n) is 17.0. The van der Waals surface area contributed by atoms with Crippen LogP contribution in [0.2, 0.25) is 5.02 Å². The first kappa shape index (κ1) is 42.1. The molecule has 2 aromatic rings. The third-order valence-corrected chi connectivity index (χ3v) is 14.1. The molecule has 3 fully saturated rings. The predicted molar refractivity (Wildman–Crippen MR) is 225 cm³/mol. The Morgan fingerprint density at radius 2 is 1.87 bits per heavy atom. The number of piperazine rings is 1. The Morgan fingerprint density at radius 3 is 2.64 bits per heavy atom. The molecule has 9 nitrogen and oxygen atoms in total. The number of rotatable bonds is 6. The third kappa shape index (κ3) is 10.9. The Bertz CT molecular complexity index is 1640. The fraction of sp³-hybridized carbons (Fsp3) is 0.659. The monoisotopic (exact) mass is 796 g/mol. The molecule has 55 heavy (non-hydrogen) atoms. The third-order valence-electron chi connectivity index (χ3n) is 12.3. The lowest BCUT2D eigenvalue weighted by molar-refractivity contribution is -0.0397. The molecule has 8 unspecified atom stereocenters. The number of anilines is 1. The van der Waals surface area contributed by atoms with E-state index in [1.54, 1.807) is 6.07 Å². The van der Waals surface area contributed by atoms with Crippen LogP contribution in [0.4, 0.5) is 5.69 Å². The lowest BCUT2D eigenvalue weighted by Crippen LogP contribution is -2.56. The molecule has 5 aliphatic rings. The maximum absolute atomic E-state index is 13.4. The maximum Gasteiger partial charge on any atom is 0.263 e. The van der Waals surface area contributed by atoms with Crippen LogP contribution in [0.1, 0.15) is 87.7 Å². The summed E-state index contributed by atoms with van der Waals surface area (Å²) >= 11 is 6.43. The largest absolute Gasteiger partial charge is 0.491 e. The molecule has 0 spiro atoms. The number of fused-ring (bicyclic) bond motifs is 3. The van der Waals surface area contributed by atoms with Crippen LogP contribution in [0.5, 0.6) is 5.75 Å². The maximum atomic E-state index is 13.4. The van der Waals surface area contributed by atoms with Crippen molar-refractivity contribution in [3.63, 3.8) is 0 Å². The van der Waals surface area contributed by atoms with E-state index in [0.717, 1.165) is 88.0 Å². The molecule has 11 heteroatoms. The molecule has 4 heterocycles. The van der Waals surface area contributed by atoms with Gasteiger partial charge in [0.05, 0.1) is 36.9 Å². The number of hydrogen-bond donors (Lipinski definition) is 1. The van der Waals surface area contributed by atoms with Crippen molar-refractivity contribution in [2.24, 2.45) is 23.7 Å². The fourth-order valence-electron chi connectivity index (χ4n) is 8.59. The van der Waals surface area contributed by atoms with Crippen molar-refractivity contribution in [3.05, 3.63) is 70.3 Å². The van der Waals surface area contributed by atoms with Crippen molar-refractivity contribution < 1.29 is 23.2 Å². The van der Waals surface area contributed by atoms with Gasteiger partial charge in [-0.25, -0.2) is 4.21 Å². The summed E-state index contributed by atoms with van der Waals surface area (Å²) in [5, 5.41) is 0.565. The number of aryl methyl sites for hydroxylation is 1. The van der Waals surface area contributed by atoms with E-state index in [9.17, 15) is 9.00 Å². The summed E-state index contributed by atoms with van der Waals surface area (Å²) in [6.07, 6.45) is 9.57. The Labute approximate surface area is 338 Å². The highest BCUT2D eigenvalue weighted by molar-refractivity contribution is 7.84. The summed E-state index contributed by atoms with van der Waals surface area (Å²) < 4.78 is 34.5. The molecule has 8 atom stereocenters. The number of hydrogen-bond acceptors (Lipinski definition) is 8. The van der Waals surface area contributed by atoms with Gasteiger partial charge in [-0.2, -0.15) is 0 Å². The van der Waals surface area contributed by atoms with Crippen molar-refractivity contribution in [2.45, 2.75) is 90.0 Å². The van der Waals surface area contributed by atoms with Crippen LogP contribution in [-0.2, 0) is 26.9 Å².